The first-order valence-electron chi connectivity index (χ1n) is 10.8. The Bertz CT molecular complexity index is 1030. The molecule has 0 fully saturated rings. The number of carbonyl (C=O) groups is 1. The minimum absolute atomic E-state index is 0.0957. The summed E-state index contributed by atoms with van der Waals surface area (Å²) in [4.78, 5) is 20.6. The number of rotatable bonds is 13. The fourth-order valence-electron chi connectivity index (χ4n) is 3.21. The lowest BCUT2D eigenvalue weighted by molar-refractivity contribution is -0.144. The van der Waals surface area contributed by atoms with E-state index < -0.39 is 25.8 Å². The summed E-state index contributed by atoms with van der Waals surface area (Å²) in [5, 5.41) is 5.65. The van der Waals surface area contributed by atoms with Crippen LogP contribution in [0.1, 0.15) is 31.3 Å². The number of carbonyl (C=O) groups excluding carboxylic acids is 1. The maximum absolute atomic E-state index is 13.5. The van der Waals surface area contributed by atoms with Gasteiger partial charge in [0.25, 0.3) is 7.52 Å². The smallest absolute Gasteiger partial charge is 0.323 e. The number of methoxy groups -OCH3 is 1. The summed E-state index contributed by atoms with van der Waals surface area (Å²) in [6.07, 6.45) is 0.875. The van der Waals surface area contributed by atoms with Crippen LogP contribution < -0.4 is 16.1 Å². The number of aliphatic imine (C=N–C) groups is 1. The second kappa shape index (κ2) is 12.1. The zero-order chi connectivity index (χ0) is 24.6. The van der Waals surface area contributed by atoms with Crippen molar-refractivity contribution in [1.82, 2.24) is 20.0 Å². The Morgan fingerprint density at radius 2 is 2.12 bits per heavy atom. The maximum atomic E-state index is 13.5. The molecule has 1 aromatic carbocycles. The summed E-state index contributed by atoms with van der Waals surface area (Å²) in [6, 6.07) is 8.48. The van der Waals surface area contributed by atoms with Crippen LogP contribution in [0.2, 0.25) is 0 Å². The third-order valence-electron chi connectivity index (χ3n) is 4.88. The number of guanidine groups is 1. The number of hydrogen-bond donors (Lipinski definition) is 3. The highest BCUT2D eigenvalue weighted by Crippen LogP contribution is 2.44. The van der Waals surface area contributed by atoms with E-state index >= 15 is 0 Å². The van der Waals surface area contributed by atoms with Gasteiger partial charge < -0.3 is 34.4 Å². The fourth-order valence-corrected chi connectivity index (χ4v) is 4.85. The van der Waals surface area contributed by atoms with Gasteiger partial charge in [-0.3, -0.25) is 9.36 Å². The average Bonchev–Trinajstić information content (AvgIpc) is 3.23. The van der Waals surface area contributed by atoms with Crippen LogP contribution in [0.4, 0.5) is 5.82 Å². The van der Waals surface area contributed by atoms with Crippen molar-refractivity contribution in [2.45, 2.75) is 39.3 Å². The zero-order valence-electron chi connectivity index (χ0n) is 19.5. The van der Waals surface area contributed by atoms with Gasteiger partial charge in [0.15, 0.2) is 18.0 Å². The Morgan fingerprint density at radius 1 is 1.35 bits per heavy atom. The SMILES string of the molecule is CCOC(=O)[C@H](C)NP(=O)(COCCn1cnc2c1N=C(N)NC2OC)OCc1ccccc1. The Hall–Kier alpha value is -2.76. The number of ether oxygens (including phenoxy) is 3. The molecule has 0 spiro atoms. The predicted octanol–water partition coefficient (Wildman–Crippen LogP) is 2.00. The van der Waals surface area contributed by atoms with Gasteiger partial charge in [0.05, 0.1) is 26.1 Å². The molecule has 1 aromatic heterocycles. The van der Waals surface area contributed by atoms with E-state index in [-0.39, 0.29) is 32.1 Å². The fraction of sp³-hybridized carbons (Fsp3) is 0.476. The van der Waals surface area contributed by atoms with Gasteiger partial charge in [0.2, 0.25) is 0 Å². The number of hydrogen-bond acceptors (Lipinski definition) is 10. The van der Waals surface area contributed by atoms with Crippen molar-refractivity contribution in [2.24, 2.45) is 10.7 Å². The van der Waals surface area contributed by atoms with Crippen LogP contribution in [0.3, 0.4) is 0 Å². The highest BCUT2D eigenvalue weighted by Gasteiger charge is 2.30. The van der Waals surface area contributed by atoms with Gasteiger partial charge in [-0.15, -0.1) is 0 Å². The molecular formula is C21H31N6O6P. The van der Waals surface area contributed by atoms with Crippen LogP contribution in [-0.4, -0.2) is 54.2 Å². The molecule has 2 unspecified atom stereocenters. The van der Waals surface area contributed by atoms with Crippen LogP contribution >= 0.6 is 7.52 Å². The number of nitrogens with zero attached hydrogens (tertiary/aromatic N) is 3. The van der Waals surface area contributed by atoms with Crippen molar-refractivity contribution < 1.29 is 28.1 Å². The molecule has 34 heavy (non-hydrogen) atoms. The summed E-state index contributed by atoms with van der Waals surface area (Å²) in [5.74, 6) is 0.259. The lowest BCUT2D eigenvalue weighted by Crippen LogP contribution is -2.38. The number of imidazole rings is 1. The van der Waals surface area contributed by atoms with Crippen molar-refractivity contribution >= 4 is 25.3 Å². The number of fused-ring (bicyclic) bond motifs is 1. The van der Waals surface area contributed by atoms with Crippen molar-refractivity contribution in [3.63, 3.8) is 0 Å². The third-order valence-corrected chi connectivity index (χ3v) is 6.73. The maximum Gasteiger partial charge on any atom is 0.323 e. The largest absolute Gasteiger partial charge is 0.465 e. The van der Waals surface area contributed by atoms with E-state index in [4.69, 9.17) is 24.5 Å². The Labute approximate surface area is 198 Å². The van der Waals surface area contributed by atoms with Crippen molar-refractivity contribution in [2.75, 3.05) is 26.7 Å². The summed E-state index contributed by atoms with van der Waals surface area (Å²) in [6.45, 7) is 4.16. The lowest BCUT2D eigenvalue weighted by Gasteiger charge is -2.23. The van der Waals surface area contributed by atoms with Crippen molar-refractivity contribution in [1.29, 1.82) is 0 Å². The summed E-state index contributed by atoms with van der Waals surface area (Å²) >= 11 is 0. The van der Waals surface area contributed by atoms with E-state index in [1.807, 2.05) is 30.3 Å². The van der Waals surface area contributed by atoms with Gasteiger partial charge in [0, 0.05) is 13.7 Å². The van der Waals surface area contributed by atoms with E-state index in [0.29, 0.717) is 18.1 Å². The van der Waals surface area contributed by atoms with Crippen LogP contribution in [0, 0.1) is 0 Å². The predicted molar refractivity (Wildman–Crippen MR) is 125 cm³/mol. The first-order valence-corrected chi connectivity index (χ1v) is 12.6. The van der Waals surface area contributed by atoms with E-state index in [0.717, 1.165) is 5.56 Å². The quantitative estimate of drug-likeness (QED) is 0.214. The molecular weight excluding hydrogens is 463 g/mol. The molecule has 0 radical (unpaired) electrons. The van der Waals surface area contributed by atoms with Gasteiger partial charge in [-0.1, -0.05) is 30.3 Å². The molecule has 1 aliphatic rings. The molecule has 186 valence electrons. The average molecular weight is 494 g/mol. The molecule has 3 atom stereocenters. The summed E-state index contributed by atoms with van der Waals surface area (Å²) in [7, 11) is -2.01. The highest BCUT2D eigenvalue weighted by molar-refractivity contribution is 7.56. The third kappa shape index (κ3) is 6.87. The molecule has 2 heterocycles. The topological polar surface area (TPSA) is 151 Å². The Kier molecular flexibility index (Phi) is 9.20. The van der Waals surface area contributed by atoms with Crippen molar-refractivity contribution in [3.8, 4) is 0 Å². The normalized spacial score (nSPS) is 17.7. The molecule has 0 saturated heterocycles. The van der Waals surface area contributed by atoms with Crippen LogP contribution in [0.5, 0.6) is 0 Å². The molecule has 12 nitrogen and oxygen atoms in total. The summed E-state index contributed by atoms with van der Waals surface area (Å²) < 4.78 is 37.0. The van der Waals surface area contributed by atoms with Crippen LogP contribution in [0.15, 0.2) is 41.7 Å². The number of aromatic nitrogens is 2. The van der Waals surface area contributed by atoms with E-state index in [1.165, 1.54) is 0 Å². The van der Waals surface area contributed by atoms with Gasteiger partial charge in [0.1, 0.15) is 18.1 Å². The molecule has 4 N–H and O–H groups in total. The molecule has 1 aliphatic heterocycles. The molecule has 2 aromatic rings. The number of nitrogens with two attached hydrogens (primary N) is 1. The van der Waals surface area contributed by atoms with Gasteiger partial charge in [-0.05, 0) is 19.4 Å². The minimum Gasteiger partial charge on any atom is -0.465 e. The van der Waals surface area contributed by atoms with Crippen molar-refractivity contribution in [3.05, 3.63) is 47.9 Å². The second-order valence-electron chi connectivity index (χ2n) is 7.48. The second-order valence-corrected chi connectivity index (χ2v) is 9.60. The molecule has 0 amide bonds. The van der Waals surface area contributed by atoms with Crippen LogP contribution in [-0.2, 0) is 41.2 Å². The van der Waals surface area contributed by atoms with Crippen LogP contribution in [0.25, 0.3) is 0 Å². The van der Waals surface area contributed by atoms with Gasteiger partial charge >= 0.3 is 5.97 Å². The zero-order valence-corrected chi connectivity index (χ0v) is 20.4. The molecule has 13 heteroatoms. The number of nitrogens with one attached hydrogen (secondary N) is 2. The van der Waals surface area contributed by atoms with E-state index in [1.54, 1.807) is 31.9 Å². The lowest BCUT2D eigenvalue weighted by atomic mass is 10.2. The summed E-state index contributed by atoms with van der Waals surface area (Å²) in [5.41, 5.74) is 7.27. The highest BCUT2D eigenvalue weighted by atomic mass is 31.2. The van der Waals surface area contributed by atoms with E-state index in [2.05, 4.69) is 20.4 Å². The van der Waals surface area contributed by atoms with Gasteiger partial charge in [-0.2, -0.15) is 4.99 Å². The Balaban J connectivity index is 1.61. The van der Waals surface area contributed by atoms with Gasteiger partial charge in [-0.25, -0.2) is 10.1 Å². The van der Waals surface area contributed by atoms with E-state index in [9.17, 15) is 9.36 Å². The molecule has 0 bridgehead atoms. The first kappa shape index (κ1) is 25.9. The molecule has 0 saturated carbocycles. The standard InChI is InChI=1S/C21H31N6O6P/c1-4-32-20(28)15(2)26-34(29,33-12-16-8-6-5-7-9-16)14-31-11-10-27-13-23-17-18(27)24-21(22)25-19(17)30-3/h5-9,13,15,19H,4,10-12,14H2,1-3H3,(H,26,29)(H3,22,24,25)/t15-,19?,34?/m0/s1. The monoisotopic (exact) mass is 494 g/mol. The number of benzene rings is 1. The molecule has 0 aliphatic carbocycles. The Morgan fingerprint density at radius 3 is 2.82 bits per heavy atom. The number of esters is 1. The first-order chi connectivity index (χ1) is 16.3. The molecule has 3 rings (SSSR count). The minimum atomic E-state index is -3.55.